The Kier molecular flexibility index (Phi) is 54.4. The standard InChI is InChI=1S/C12H11F2N.C12H12FN.C12H13N.C10H15N.2C9H13N.C8H10FN.2C8H12N2.C8H11N.6CH4/c1-7(2)8-5-6-15-12-9(8)3-4-10(13)11(12)14;1-8(2)10-5-6-14-12-4-3-9(13)7-11(10)12;1-9(2)10-7-8-13-12-6-4-3-5-11(10)12;1-8(2)9-4-6-10(11-3)7-5-9;1-7(2)8-3-5-9(10)6-4-8;1-7(2)8-4-3-5-9(10)6-8;2*1-6(2)7-3-4-10-5-8(7)9;1-6(2)7-3-4-10-8(9)5-7;1-7(2)8-3-5-9-6-4-8;;;;;;/h3-7H,1-2H3;3-8H,1-2H3;3-9H,1-2H3;4-8,11H,1-3H3;2*3-7H,10H2,1-2H3;3-6H,1-2H3;3-6H,9H2,1-2H3;3-6H,1-2H3,(H2,9,10);3-7H,1-2H3;6*1H4. The van der Waals surface area contributed by atoms with Crippen molar-refractivity contribution >= 4 is 61.3 Å². The van der Waals surface area contributed by atoms with E-state index in [-0.39, 0.29) is 73.5 Å². The highest BCUT2D eigenvalue weighted by molar-refractivity contribution is 5.84. The quantitative estimate of drug-likeness (QED) is 0.0606. The van der Waals surface area contributed by atoms with E-state index in [9.17, 15) is 17.6 Å². The van der Waals surface area contributed by atoms with Gasteiger partial charge in [0.05, 0.1) is 29.1 Å². The van der Waals surface area contributed by atoms with Crippen molar-refractivity contribution in [3.05, 3.63) is 323 Å². The Morgan fingerprint density at radius 2 is 0.703 bits per heavy atom. The Morgan fingerprint density at radius 3 is 1.14 bits per heavy atom. The summed E-state index contributed by atoms with van der Waals surface area (Å²) in [5.41, 5.74) is 40.0. The van der Waals surface area contributed by atoms with Crippen LogP contribution in [0.4, 0.5) is 46.1 Å². The topological polar surface area (TPSA) is 206 Å². The molecule has 16 heteroatoms. The number of rotatable bonds is 11. The molecule has 0 aliphatic heterocycles. The minimum absolute atomic E-state index is 0. The van der Waals surface area contributed by atoms with Gasteiger partial charge < -0.3 is 28.3 Å². The van der Waals surface area contributed by atoms with Crippen LogP contribution in [-0.4, -0.2) is 41.9 Å². The fourth-order valence-electron chi connectivity index (χ4n) is 11.2. The van der Waals surface area contributed by atoms with Crippen molar-refractivity contribution in [2.45, 2.75) is 242 Å². The third-order valence-corrected chi connectivity index (χ3v) is 17.9. The molecular formula is C102H146F4N12. The van der Waals surface area contributed by atoms with Crippen LogP contribution >= 0.6 is 0 Å². The van der Waals surface area contributed by atoms with Gasteiger partial charge in [0.15, 0.2) is 11.6 Å². The lowest BCUT2D eigenvalue weighted by Gasteiger charge is -2.09. The number of para-hydroxylation sites is 1. The van der Waals surface area contributed by atoms with Gasteiger partial charge in [0.25, 0.3) is 0 Å². The molecule has 13 rings (SSSR count). The zero-order valence-corrected chi connectivity index (χ0v) is 69.8. The second-order valence-corrected chi connectivity index (χ2v) is 30.1. The smallest absolute Gasteiger partial charge is 0.184 e. The van der Waals surface area contributed by atoms with Gasteiger partial charge in [0, 0.05) is 89.8 Å². The van der Waals surface area contributed by atoms with Crippen molar-refractivity contribution in [2.24, 2.45) is 0 Å². The van der Waals surface area contributed by atoms with E-state index in [1.807, 2.05) is 132 Å². The SMILES string of the molecule is C.C.C.C.C.C.CC(C)c1ccc(N)cc1.CC(C)c1cccc(N)c1.CC(C)c1ccnc(N)c1.CC(C)c1ccnc2c(F)c(F)ccc12.CC(C)c1ccnc2ccc(F)cc12.CC(C)c1ccnc2ccccc12.CC(C)c1ccncc1.CC(C)c1ccncc1F.CC(C)c1ccncc1N.CNc1ccc(C(C)C)cc1. The summed E-state index contributed by atoms with van der Waals surface area (Å²) in [5.74, 6) is 3.37. The molecule has 0 fully saturated rings. The fraction of sp³-hybridized carbons (Fsp3) is 0.363. The first-order chi connectivity index (χ1) is 53.1. The molecule has 642 valence electrons. The van der Waals surface area contributed by atoms with Crippen molar-refractivity contribution in [2.75, 3.05) is 35.3 Å². The second kappa shape index (κ2) is 57.8. The van der Waals surface area contributed by atoms with Crippen LogP contribution in [0.2, 0.25) is 0 Å². The summed E-state index contributed by atoms with van der Waals surface area (Å²) in [5, 5.41) is 5.98. The summed E-state index contributed by atoms with van der Waals surface area (Å²) >= 11 is 0. The Morgan fingerprint density at radius 1 is 0.288 bits per heavy atom. The maximum Gasteiger partial charge on any atom is 0.184 e. The molecule has 0 spiro atoms. The first-order valence-corrected chi connectivity index (χ1v) is 38.6. The molecule has 12 nitrogen and oxygen atoms in total. The van der Waals surface area contributed by atoms with Gasteiger partial charge in [-0.15, -0.1) is 0 Å². The Bertz CT molecular complexity index is 4730. The molecule has 0 bridgehead atoms. The molecule has 0 atom stereocenters. The third-order valence-electron chi connectivity index (χ3n) is 17.9. The average molecular weight is 1620 g/mol. The molecule has 7 heterocycles. The number of halogens is 4. The molecule has 13 aromatic rings. The predicted molar refractivity (Wildman–Crippen MR) is 510 cm³/mol. The van der Waals surface area contributed by atoms with Crippen LogP contribution in [0, 0.1) is 23.3 Å². The van der Waals surface area contributed by atoms with Crippen LogP contribution in [0.3, 0.4) is 0 Å². The van der Waals surface area contributed by atoms with Crippen LogP contribution in [0.25, 0.3) is 32.7 Å². The molecule has 0 saturated heterocycles. The van der Waals surface area contributed by atoms with Crippen molar-refractivity contribution in [3.63, 3.8) is 0 Å². The number of hydrogen-bond donors (Lipinski definition) is 5. The van der Waals surface area contributed by atoms with Gasteiger partial charge in [-0.1, -0.05) is 238 Å². The highest BCUT2D eigenvalue weighted by Crippen LogP contribution is 2.29. The van der Waals surface area contributed by atoms with Crippen molar-refractivity contribution < 1.29 is 17.6 Å². The number of fused-ring (bicyclic) bond motifs is 3. The maximum absolute atomic E-state index is 13.4. The highest BCUT2D eigenvalue weighted by atomic mass is 19.2. The van der Waals surface area contributed by atoms with Crippen molar-refractivity contribution in [3.8, 4) is 0 Å². The predicted octanol–water partition coefficient (Wildman–Crippen LogP) is 30.1. The first-order valence-electron chi connectivity index (χ1n) is 38.6. The summed E-state index contributed by atoms with van der Waals surface area (Å²) in [6, 6.07) is 57.8. The second-order valence-electron chi connectivity index (χ2n) is 30.1. The zero-order valence-electron chi connectivity index (χ0n) is 69.8. The van der Waals surface area contributed by atoms with Crippen LogP contribution in [0.5, 0.6) is 0 Å². The number of hydrogen-bond acceptors (Lipinski definition) is 12. The summed E-state index contributed by atoms with van der Waals surface area (Å²) in [4.78, 5) is 27.8. The normalized spacial score (nSPS) is 10.1. The van der Waals surface area contributed by atoms with Crippen LogP contribution in [0.1, 0.15) is 298 Å². The largest absolute Gasteiger partial charge is 0.399 e. The minimum atomic E-state index is -0.866. The van der Waals surface area contributed by atoms with E-state index >= 15 is 0 Å². The lowest BCUT2D eigenvalue weighted by molar-refractivity contribution is 0.515. The summed E-state index contributed by atoms with van der Waals surface area (Å²) < 4.78 is 52.2. The van der Waals surface area contributed by atoms with Gasteiger partial charge in [0.1, 0.15) is 23.0 Å². The van der Waals surface area contributed by atoms with Gasteiger partial charge in [-0.25, -0.2) is 22.5 Å². The third kappa shape index (κ3) is 38.3. The summed E-state index contributed by atoms with van der Waals surface area (Å²) in [6.45, 7) is 42.5. The number of benzene rings is 6. The van der Waals surface area contributed by atoms with E-state index in [1.165, 1.54) is 68.5 Å². The highest BCUT2D eigenvalue weighted by Gasteiger charge is 2.14. The van der Waals surface area contributed by atoms with Gasteiger partial charge in [0.2, 0.25) is 0 Å². The van der Waals surface area contributed by atoms with Gasteiger partial charge in [-0.05, 0) is 242 Å². The molecular weight excluding hydrogens is 1470 g/mol. The Balaban J connectivity index is -0.00000124. The van der Waals surface area contributed by atoms with E-state index in [2.05, 4.69) is 218 Å². The monoisotopic (exact) mass is 1620 g/mol. The number of pyridine rings is 7. The van der Waals surface area contributed by atoms with Crippen LogP contribution in [-0.2, 0) is 0 Å². The average Bonchev–Trinajstić information content (AvgIpc) is 0.811. The summed E-state index contributed by atoms with van der Waals surface area (Å²) in [7, 11) is 1.93. The van der Waals surface area contributed by atoms with Crippen LogP contribution < -0.4 is 28.3 Å². The Hall–Kier alpha value is -11.1. The van der Waals surface area contributed by atoms with E-state index in [0.717, 1.165) is 56.2 Å². The molecule has 0 saturated carbocycles. The van der Waals surface area contributed by atoms with E-state index in [1.54, 1.807) is 55.2 Å². The lowest BCUT2D eigenvalue weighted by atomic mass is 9.99. The molecule has 0 aliphatic rings. The molecule has 0 amide bonds. The number of nitrogens with two attached hydrogens (primary N) is 4. The van der Waals surface area contributed by atoms with Crippen molar-refractivity contribution in [1.82, 2.24) is 34.9 Å². The van der Waals surface area contributed by atoms with Gasteiger partial charge >= 0.3 is 0 Å². The molecule has 0 aliphatic carbocycles. The fourth-order valence-corrected chi connectivity index (χ4v) is 11.2. The van der Waals surface area contributed by atoms with Gasteiger partial charge in [-0.2, -0.15) is 0 Å². The molecule has 9 N–H and O–H groups in total. The number of aromatic nitrogens is 7. The number of anilines is 5. The van der Waals surface area contributed by atoms with E-state index in [4.69, 9.17) is 22.9 Å². The molecule has 7 aromatic heterocycles. The minimum Gasteiger partial charge on any atom is -0.399 e. The van der Waals surface area contributed by atoms with E-state index < -0.39 is 11.6 Å². The molecule has 0 radical (unpaired) electrons. The van der Waals surface area contributed by atoms with Gasteiger partial charge in [-0.3, -0.25) is 29.9 Å². The number of nitrogen functional groups attached to an aromatic ring is 4. The summed E-state index contributed by atoms with van der Waals surface area (Å²) in [6.07, 6.45) is 16.9. The van der Waals surface area contributed by atoms with Crippen molar-refractivity contribution in [1.29, 1.82) is 0 Å². The molecule has 118 heavy (non-hydrogen) atoms. The number of nitrogens with zero attached hydrogens (tertiary/aromatic N) is 7. The molecule has 6 aromatic carbocycles. The first kappa shape index (κ1) is 111. The van der Waals surface area contributed by atoms with Crippen LogP contribution in [0.15, 0.2) is 244 Å². The van der Waals surface area contributed by atoms with E-state index in [0.29, 0.717) is 58.5 Å². The maximum atomic E-state index is 13.4. The number of nitrogens with one attached hydrogen (secondary N) is 1. The Labute approximate surface area is 710 Å². The molecule has 0 unspecified atom stereocenters. The zero-order chi connectivity index (χ0) is 83.1. The lowest BCUT2D eigenvalue weighted by Crippen LogP contribution is -1.96.